The summed E-state index contributed by atoms with van der Waals surface area (Å²) in [6.45, 7) is 2.15. The summed E-state index contributed by atoms with van der Waals surface area (Å²) < 4.78 is 25.8. The number of rotatable bonds is 9. The minimum Gasteiger partial charge on any atom is -0.490 e. The number of hydrogen-bond acceptors (Lipinski definition) is 6. The first kappa shape index (κ1) is 25.4. The van der Waals surface area contributed by atoms with E-state index >= 15 is 0 Å². The lowest BCUT2D eigenvalue weighted by Crippen LogP contribution is -2.14. The molecule has 0 bridgehead atoms. The Balaban J connectivity index is 1.86. The fourth-order valence-corrected chi connectivity index (χ4v) is 3.46. The van der Waals surface area contributed by atoms with Gasteiger partial charge in [0.25, 0.3) is 11.6 Å². The largest absolute Gasteiger partial charge is 0.490 e. The van der Waals surface area contributed by atoms with Crippen LogP contribution >= 0.6 is 15.9 Å². The van der Waals surface area contributed by atoms with Crippen molar-refractivity contribution in [3.63, 3.8) is 0 Å². The number of carbonyl (C=O) groups excluding carboxylic acids is 1. The van der Waals surface area contributed by atoms with Crippen molar-refractivity contribution < 1.29 is 23.6 Å². The SMILES string of the molecule is CCOc1cc(C=C(C#N)C(=O)Nc2ccccc2F)c(Br)cc1OCc1cccc([N+](=O)[O-])c1. The van der Waals surface area contributed by atoms with Gasteiger partial charge in [-0.25, -0.2) is 4.39 Å². The summed E-state index contributed by atoms with van der Waals surface area (Å²) in [4.78, 5) is 23.0. The molecule has 3 aromatic carbocycles. The van der Waals surface area contributed by atoms with E-state index in [4.69, 9.17) is 9.47 Å². The van der Waals surface area contributed by atoms with Gasteiger partial charge in [-0.05, 0) is 48.4 Å². The lowest BCUT2D eigenvalue weighted by Gasteiger charge is -2.14. The van der Waals surface area contributed by atoms with Gasteiger partial charge >= 0.3 is 0 Å². The highest BCUT2D eigenvalue weighted by Crippen LogP contribution is 2.35. The van der Waals surface area contributed by atoms with Gasteiger partial charge in [0.2, 0.25) is 0 Å². The van der Waals surface area contributed by atoms with Crippen molar-refractivity contribution in [1.29, 1.82) is 5.26 Å². The van der Waals surface area contributed by atoms with Crippen molar-refractivity contribution in [2.75, 3.05) is 11.9 Å². The highest BCUT2D eigenvalue weighted by atomic mass is 79.9. The van der Waals surface area contributed by atoms with E-state index in [2.05, 4.69) is 21.2 Å². The van der Waals surface area contributed by atoms with E-state index in [9.17, 15) is 24.6 Å². The van der Waals surface area contributed by atoms with Crippen molar-refractivity contribution in [1.82, 2.24) is 0 Å². The number of ether oxygens (including phenoxy) is 2. The van der Waals surface area contributed by atoms with Crippen molar-refractivity contribution in [3.05, 3.63) is 97.8 Å². The van der Waals surface area contributed by atoms with E-state index in [0.717, 1.165) is 0 Å². The molecule has 35 heavy (non-hydrogen) atoms. The summed E-state index contributed by atoms with van der Waals surface area (Å²) in [6.07, 6.45) is 1.34. The highest BCUT2D eigenvalue weighted by molar-refractivity contribution is 9.10. The third-order valence-corrected chi connectivity index (χ3v) is 5.35. The fourth-order valence-electron chi connectivity index (χ4n) is 3.02. The predicted molar refractivity (Wildman–Crippen MR) is 131 cm³/mol. The Morgan fingerprint density at radius 1 is 1.17 bits per heavy atom. The Kier molecular flexibility index (Phi) is 8.53. The summed E-state index contributed by atoms with van der Waals surface area (Å²) in [5.41, 5.74) is 0.712. The molecule has 0 aliphatic heterocycles. The molecule has 10 heteroatoms. The van der Waals surface area contributed by atoms with Crippen molar-refractivity contribution in [3.8, 4) is 17.6 Å². The Labute approximate surface area is 208 Å². The molecule has 0 aromatic heterocycles. The summed E-state index contributed by atoms with van der Waals surface area (Å²) in [5.74, 6) is -0.687. The van der Waals surface area contributed by atoms with Gasteiger partial charge in [0, 0.05) is 16.6 Å². The first-order valence-corrected chi connectivity index (χ1v) is 11.1. The molecule has 8 nitrogen and oxygen atoms in total. The van der Waals surface area contributed by atoms with Crippen LogP contribution in [0.5, 0.6) is 11.5 Å². The minimum atomic E-state index is -0.770. The summed E-state index contributed by atoms with van der Waals surface area (Å²) in [5, 5.41) is 22.9. The number of para-hydroxylation sites is 1. The molecule has 0 fully saturated rings. The number of benzene rings is 3. The molecule has 0 heterocycles. The van der Waals surface area contributed by atoms with Crippen LogP contribution in [0.1, 0.15) is 18.1 Å². The zero-order valence-electron chi connectivity index (χ0n) is 18.5. The standard InChI is InChI=1S/C25H19BrFN3O5/c1-2-34-23-12-17(11-18(14-28)25(31)29-22-9-4-3-8-21(22)27)20(26)13-24(23)35-15-16-6-5-7-19(10-16)30(32)33/h3-13H,2,15H2,1H3,(H,29,31). The number of nitro benzene ring substituents is 1. The van der Waals surface area contributed by atoms with E-state index in [-0.39, 0.29) is 23.6 Å². The van der Waals surface area contributed by atoms with E-state index in [1.54, 1.807) is 37.3 Å². The molecule has 0 spiro atoms. The van der Waals surface area contributed by atoms with Crippen LogP contribution in [0.3, 0.4) is 0 Å². The average molecular weight is 540 g/mol. The molecule has 3 rings (SSSR count). The molecule has 178 valence electrons. The molecule has 3 aromatic rings. The van der Waals surface area contributed by atoms with Crippen LogP contribution in [-0.2, 0) is 11.4 Å². The maximum absolute atomic E-state index is 13.9. The second-order valence-corrected chi connectivity index (χ2v) is 7.93. The monoisotopic (exact) mass is 539 g/mol. The summed E-state index contributed by atoms with van der Waals surface area (Å²) in [7, 11) is 0. The van der Waals surface area contributed by atoms with Gasteiger partial charge in [-0.2, -0.15) is 5.26 Å². The normalized spacial score (nSPS) is 10.9. The van der Waals surface area contributed by atoms with E-state index in [1.165, 1.54) is 36.4 Å². The molecular weight excluding hydrogens is 521 g/mol. The van der Waals surface area contributed by atoms with Gasteiger partial charge in [0.15, 0.2) is 11.5 Å². The first-order valence-electron chi connectivity index (χ1n) is 10.3. The molecular formula is C25H19BrFN3O5. The van der Waals surface area contributed by atoms with Gasteiger partial charge in [0.05, 0.1) is 17.2 Å². The number of nitrogens with one attached hydrogen (secondary N) is 1. The molecule has 0 aliphatic carbocycles. The maximum Gasteiger partial charge on any atom is 0.269 e. The Bertz CT molecular complexity index is 1340. The molecule has 0 radical (unpaired) electrons. The topological polar surface area (TPSA) is 114 Å². The Morgan fingerprint density at radius 2 is 1.91 bits per heavy atom. The molecule has 0 saturated heterocycles. The Morgan fingerprint density at radius 3 is 2.60 bits per heavy atom. The van der Waals surface area contributed by atoms with E-state index in [1.807, 2.05) is 6.07 Å². The molecule has 1 amide bonds. The van der Waals surface area contributed by atoms with Crippen LogP contribution in [0.2, 0.25) is 0 Å². The third kappa shape index (κ3) is 6.65. The third-order valence-electron chi connectivity index (χ3n) is 4.67. The number of nitro groups is 1. The van der Waals surface area contributed by atoms with E-state index in [0.29, 0.717) is 33.7 Å². The Hall–Kier alpha value is -4.23. The van der Waals surface area contributed by atoms with Gasteiger partial charge in [-0.3, -0.25) is 14.9 Å². The second-order valence-electron chi connectivity index (χ2n) is 7.07. The fraction of sp³-hybridized carbons (Fsp3) is 0.120. The molecule has 0 unspecified atom stereocenters. The first-order chi connectivity index (χ1) is 16.8. The number of hydrogen-bond donors (Lipinski definition) is 1. The van der Waals surface area contributed by atoms with Crippen LogP contribution in [0.4, 0.5) is 15.8 Å². The average Bonchev–Trinajstić information content (AvgIpc) is 2.84. The van der Waals surface area contributed by atoms with Gasteiger partial charge in [-0.15, -0.1) is 0 Å². The number of non-ortho nitro benzene ring substituents is 1. The van der Waals surface area contributed by atoms with Crippen LogP contribution in [-0.4, -0.2) is 17.4 Å². The molecule has 0 aliphatic rings. The van der Waals surface area contributed by atoms with Crippen LogP contribution in [0, 0.1) is 27.3 Å². The smallest absolute Gasteiger partial charge is 0.269 e. The zero-order valence-corrected chi connectivity index (χ0v) is 20.0. The van der Waals surface area contributed by atoms with Gasteiger partial charge in [-0.1, -0.05) is 40.2 Å². The van der Waals surface area contributed by atoms with Gasteiger partial charge in [0.1, 0.15) is 24.1 Å². The van der Waals surface area contributed by atoms with Crippen molar-refractivity contribution >= 4 is 39.3 Å². The lowest BCUT2D eigenvalue weighted by atomic mass is 10.1. The number of nitrogens with zero attached hydrogens (tertiary/aromatic N) is 2. The quantitative estimate of drug-likeness (QED) is 0.154. The molecule has 0 atom stereocenters. The van der Waals surface area contributed by atoms with Crippen LogP contribution in [0.25, 0.3) is 6.08 Å². The van der Waals surface area contributed by atoms with E-state index < -0.39 is 16.6 Å². The maximum atomic E-state index is 13.9. The zero-order chi connectivity index (χ0) is 25.4. The highest BCUT2D eigenvalue weighted by Gasteiger charge is 2.16. The predicted octanol–water partition coefficient (Wildman–Crippen LogP) is 6.02. The number of anilines is 1. The minimum absolute atomic E-state index is 0.0439. The summed E-state index contributed by atoms with van der Waals surface area (Å²) >= 11 is 3.40. The van der Waals surface area contributed by atoms with Crippen molar-refractivity contribution in [2.45, 2.75) is 13.5 Å². The molecule has 0 saturated carbocycles. The lowest BCUT2D eigenvalue weighted by molar-refractivity contribution is -0.384. The van der Waals surface area contributed by atoms with Crippen LogP contribution in [0.15, 0.2) is 70.7 Å². The van der Waals surface area contributed by atoms with Crippen LogP contribution < -0.4 is 14.8 Å². The number of carbonyl (C=O) groups is 1. The number of nitriles is 1. The number of halogens is 2. The number of amides is 1. The second kappa shape index (κ2) is 11.8. The van der Waals surface area contributed by atoms with Crippen molar-refractivity contribution in [2.24, 2.45) is 0 Å². The summed E-state index contributed by atoms with van der Waals surface area (Å²) in [6, 6.07) is 16.7. The van der Waals surface area contributed by atoms with Gasteiger partial charge < -0.3 is 14.8 Å². The molecule has 1 N–H and O–H groups in total.